The van der Waals surface area contributed by atoms with Gasteiger partial charge in [0.15, 0.2) is 0 Å². The van der Waals surface area contributed by atoms with E-state index in [-0.39, 0.29) is 5.38 Å². The van der Waals surface area contributed by atoms with Gasteiger partial charge in [-0.05, 0) is 55.3 Å². The minimum absolute atomic E-state index is 0.268. The van der Waals surface area contributed by atoms with Gasteiger partial charge in [0.2, 0.25) is 5.91 Å². The summed E-state index contributed by atoms with van der Waals surface area (Å²) in [6, 6.07) is 0. The summed E-state index contributed by atoms with van der Waals surface area (Å²) in [4.78, 5) is 14.7. The molecule has 4 rings (SSSR count). The molecule has 0 aromatic rings. The fourth-order valence-electron chi connectivity index (χ4n) is 5.18. The van der Waals surface area contributed by atoms with Crippen molar-refractivity contribution in [2.75, 3.05) is 13.1 Å². The maximum Gasteiger partial charge on any atom is 0.226 e. The topological polar surface area (TPSA) is 20.3 Å². The number of carbonyl (C=O) groups excluding carboxylic acids is 1. The second kappa shape index (κ2) is 3.88. The molecule has 3 heteroatoms. The highest BCUT2D eigenvalue weighted by Crippen LogP contribution is 2.69. The molecule has 4 aliphatic rings. The van der Waals surface area contributed by atoms with Crippen LogP contribution in [0.1, 0.15) is 32.6 Å². The lowest BCUT2D eigenvalue weighted by molar-refractivity contribution is -0.135. The Morgan fingerprint density at radius 2 is 1.83 bits per heavy atom. The number of carbonyl (C=O) groups is 1. The number of fused-ring (bicyclic) bond motifs is 5. The van der Waals surface area contributed by atoms with Gasteiger partial charge in [0.1, 0.15) is 0 Å². The van der Waals surface area contributed by atoms with E-state index in [1.165, 1.54) is 19.3 Å². The van der Waals surface area contributed by atoms with Crippen LogP contribution in [0.3, 0.4) is 0 Å². The van der Waals surface area contributed by atoms with Gasteiger partial charge in [0.05, 0.1) is 0 Å². The van der Waals surface area contributed by atoms with Gasteiger partial charge in [0.25, 0.3) is 0 Å². The molecule has 0 spiro atoms. The Bertz CT molecular complexity index is 369. The predicted molar refractivity (Wildman–Crippen MR) is 71.3 cm³/mol. The van der Waals surface area contributed by atoms with E-state index >= 15 is 0 Å². The van der Waals surface area contributed by atoms with Crippen LogP contribution in [0.5, 0.6) is 0 Å². The molecule has 4 fully saturated rings. The zero-order valence-electron chi connectivity index (χ0n) is 11.0. The number of alkyl halides is 1. The summed E-state index contributed by atoms with van der Waals surface area (Å²) in [5, 5.41) is 0.268. The summed E-state index contributed by atoms with van der Waals surface area (Å²) in [5.41, 5.74) is 0. The van der Waals surface area contributed by atoms with E-state index in [0.29, 0.717) is 17.7 Å². The van der Waals surface area contributed by atoms with Crippen molar-refractivity contribution >= 4 is 17.5 Å². The predicted octanol–water partition coefficient (Wildman–Crippen LogP) is 2.75. The van der Waals surface area contributed by atoms with Crippen LogP contribution in [0, 0.1) is 35.5 Å². The van der Waals surface area contributed by atoms with Crippen molar-refractivity contribution in [1.82, 2.24) is 4.90 Å². The molecule has 3 saturated carbocycles. The smallest absolute Gasteiger partial charge is 0.226 e. The van der Waals surface area contributed by atoms with Crippen LogP contribution in [-0.2, 0) is 4.79 Å². The molecule has 1 amide bonds. The average Bonchev–Trinajstić information content (AvgIpc) is 2.80. The van der Waals surface area contributed by atoms with Crippen LogP contribution in [0.15, 0.2) is 0 Å². The Labute approximate surface area is 114 Å². The molecular formula is C15H22ClNO. The molecule has 1 aliphatic heterocycles. The molecule has 1 saturated heterocycles. The number of hydrogen-bond acceptors (Lipinski definition) is 1. The number of hydrogen-bond donors (Lipinski definition) is 0. The van der Waals surface area contributed by atoms with Gasteiger partial charge < -0.3 is 4.90 Å². The van der Waals surface area contributed by atoms with Gasteiger partial charge >= 0.3 is 0 Å². The zero-order chi connectivity index (χ0) is 12.4. The van der Waals surface area contributed by atoms with E-state index in [2.05, 4.69) is 11.8 Å². The van der Waals surface area contributed by atoms with Gasteiger partial charge in [-0.1, -0.05) is 6.92 Å². The third-order valence-corrected chi connectivity index (χ3v) is 6.78. The monoisotopic (exact) mass is 267 g/mol. The summed E-state index contributed by atoms with van der Waals surface area (Å²) in [6.45, 7) is 3.95. The van der Waals surface area contributed by atoms with Crippen molar-refractivity contribution in [3.63, 3.8) is 0 Å². The third-order valence-electron chi connectivity index (χ3n) is 6.13. The standard InChI is InChI=1S/C15H22ClNO/c1-8-7-17(5-4-11(8)16)15(18)14-12-9-2-3-10(6-9)13(12)14/h8-14H,2-7H2,1H3. The van der Waals surface area contributed by atoms with Crippen molar-refractivity contribution in [1.29, 1.82) is 0 Å². The van der Waals surface area contributed by atoms with Gasteiger partial charge in [-0.25, -0.2) is 0 Å². The Kier molecular flexibility index (Phi) is 2.49. The second-order valence-electron chi connectivity index (χ2n) is 7.08. The lowest BCUT2D eigenvalue weighted by Crippen LogP contribution is -2.44. The van der Waals surface area contributed by atoms with Gasteiger partial charge in [0, 0.05) is 24.4 Å². The third kappa shape index (κ3) is 1.51. The summed E-state index contributed by atoms with van der Waals surface area (Å²) in [7, 11) is 0. The first-order valence-electron chi connectivity index (χ1n) is 7.59. The minimum Gasteiger partial charge on any atom is -0.342 e. The molecule has 0 aromatic heterocycles. The van der Waals surface area contributed by atoms with Gasteiger partial charge in [-0.2, -0.15) is 0 Å². The van der Waals surface area contributed by atoms with Crippen molar-refractivity contribution in [3.8, 4) is 0 Å². The Hall–Kier alpha value is -0.240. The molecule has 0 radical (unpaired) electrons. The molecule has 18 heavy (non-hydrogen) atoms. The van der Waals surface area contributed by atoms with Crippen molar-refractivity contribution in [2.24, 2.45) is 35.5 Å². The zero-order valence-corrected chi connectivity index (χ0v) is 11.8. The first-order valence-corrected chi connectivity index (χ1v) is 8.03. The van der Waals surface area contributed by atoms with Crippen LogP contribution < -0.4 is 0 Å². The van der Waals surface area contributed by atoms with Crippen molar-refractivity contribution in [2.45, 2.75) is 38.0 Å². The molecule has 3 aliphatic carbocycles. The second-order valence-corrected chi connectivity index (χ2v) is 7.64. The number of halogens is 1. The van der Waals surface area contributed by atoms with Crippen LogP contribution in [-0.4, -0.2) is 29.3 Å². The number of amides is 1. The van der Waals surface area contributed by atoms with E-state index in [9.17, 15) is 4.79 Å². The van der Waals surface area contributed by atoms with Crippen LogP contribution >= 0.6 is 11.6 Å². The van der Waals surface area contributed by atoms with Crippen LogP contribution in [0.25, 0.3) is 0 Å². The quantitative estimate of drug-likeness (QED) is 0.669. The van der Waals surface area contributed by atoms with Gasteiger partial charge in [-0.3, -0.25) is 4.79 Å². The minimum atomic E-state index is 0.268. The summed E-state index contributed by atoms with van der Waals surface area (Å²) >= 11 is 6.25. The number of nitrogens with zero attached hydrogens (tertiary/aromatic N) is 1. The molecule has 0 aromatic carbocycles. The van der Waals surface area contributed by atoms with Crippen LogP contribution in [0.4, 0.5) is 0 Å². The first kappa shape index (κ1) is 11.6. The molecule has 1 heterocycles. The van der Waals surface area contributed by atoms with Crippen molar-refractivity contribution in [3.05, 3.63) is 0 Å². The molecule has 0 N–H and O–H groups in total. The summed E-state index contributed by atoms with van der Waals surface area (Å²) in [6.07, 6.45) is 5.20. The number of likely N-dealkylation sites (tertiary alicyclic amines) is 1. The fourth-order valence-corrected chi connectivity index (χ4v) is 5.36. The van der Waals surface area contributed by atoms with E-state index in [4.69, 9.17) is 11.6 Å². The van der Waals surface area contributed by atoms with E-state index < -0.39 is 0 Å². The summed E-state index contributed by atoms with van der Waals surface area (Å²) < 4.78 is 0. The van der Waals surface area contributed by atoms with E-state index in [1.54, 1.807) is 0 Å². The van der Waals surface area contributed by atoms with Crippen LogP contribution in [0.2, 0.25) is 0 Å². The lowest BCUT2D eigenvalue weighted by atomic mass is 9.97. The Morgan fingerprint density at radius 1 is 1.17 bits per heavy atom. The number of rotatable bonds is 1. The van der Waals surface area contributed by atoms with E-state index in [0.717, 1.165) is 43.2 Å². The SMILES string of the molecule is CC1CN(C(=O)C2C3C4CCC(C4)C23)CCC1Cl. The normalized spacial score (nSPS) is 53.4. The molecule has 2 nitrogen and oxygen atoms in total. The average molecular weight is 268 g/mol. The van der Waals surface area contributed by atoms with Gasteiger partial charge in [-0.15, -0.1) is 11.6 Å². The first-order chi connectivity index (χ1) is 8.66. The highest BCUT2D eigenvalue weighted by Gasteiger charge is 2.68. The largest absolute Gasteiger partial charge is 0.342 e. The molecule has 100 valence electrons. The summed E-state index contributed by atoms with van der Waals surface area (Å²) in [5.74, 6) is 4.70. The highest BCUT2D eigenvalue weighted by molar-refractivity contribution is 6.20. The van der Waals surface area contributed by atoms with Crippen molar-refractivity contribution < 1.29 is 4.79 Å². The highest BCUT2D eigenvalue weighted by atomic mass is 35.5. The Morgan fingerprint density at radius 3 is 2.44 bits per heavy atom. The molecule has 6 atom stereocenters. The Balaban J connectivity index is 1.43. The molecular weight excluding hydrogens is 246 g/mol. The number of piperidine rings is 1. The fraction of sp³-hybridized carbons (Fsp3) is 0.933. The lowest BCUT2D eigenvalue weighted by Gasteiger charge is -2.34. The van der Waals surface area contributed by atoms with E-state index in [1.807, 2.05) is 0 Å². The maximum absolute atomic E-state index is 12.6. The molecule has 2 bridgehead atoms. The maximum atomic E-state index is 12.6. The molecule has 6 unspecified atom stereocenters.